The zero-order valence-electron chi connectivity index (χ0n) is 9.59. The van der Waals surface area contributed by atoms with E-state index in [1.807, 2.05) is 0 Å². The molecule has 98 valence electrons. The predicted molar refractivity (Wildman–Crippen MR) is 86.3 cm³/mol. The highest BCUT2D eigenvalue weighted by Gasteiger charge is 2.12. The van der Waals surface area contributed by atoms with Crippen molar-refractivity contribution in [1.29, 1.82) is 0 Å². The number of halogens is 4. The molecule has 0 saturated heterocycles. The van der Waals surface area contributed by atoms with Crippen molar-refractivity contribution in [3.8, 4) is 0 Å². The van der Waals surface area contributed by atoms with E-state index in [-0.39, 0.29) is 18.0 Å². The first kappa shape index (κ1) is 14.9. The van der Waals surface area contributed by atoms with Crippen LogP contribution in [0, 0.1) is 9.39 Å². The summed E-state index contributed by atoms with van der Waals surface area (Å²) in [6.45, 7) is 0. The molecule has 0 bridgehead atoms. The maximum absolute atomic E-state index is 13.1. The molecule has 2 rings (SSSR count). The maximum Gasteiger partial charge on any atom is 0.168 e. The lowest BCUT2D eigenvalue weighted by atomic mass is 10.0. The van der Waals surface area contributed by atoms with Gasteiger partial charge in [-0.05, 0) is 74.4 Å². The second-order valence-corrected chi connectivity index (χ2v) is 6.43. The van der Waals surface area contributed by atoms with Gasteiger partial charge in [0.1, 0.15) is 5.82 Å². The van der Waals surface area contributed by atoms with Gasteiger partial charge in [0.15, 0.2) is 5.78 Å². The van der Waals surface area contributed by atoms with E-state index >= 15 is 0 Å². The van der Waals surface area contributed by atoms with Crippen molar-refractivity contribution in [3.05, 3.63) is 66.4 Å². The van der Waals surface area contributed by atoms with E-state index in [9.17, 15) is 9.18 Å². The molecule has 0 unspecified atom stereocenters. The Morgan fingerprint density at radius 3 is 2.68 bits per heavy atom. The lowest BCUT2D eigenvalue weighted by molar-refractivity contribution is 0.0992. The molecule has 19 heavy (non-hydrogen) atoms. The Hall–Kier alpha value is -0.460. The molecular formula is C14H8BrClFIO. The third-order valence-corrected chi connectivity index (χ3v) is 4.36. The first-order valence-electron chi connectivity index (χ1n) is 5.39. The van der Waals surface area contributed by atoms with Crippen molar-refractivity contribution in [1.82, 2.24) is 0 Å². The summed E-state index contributed by atoms with van der Waals surface area (Å²) in [5.41, 5.74) is 1.35. The average Bonchev–Trinajstić information content (AvgIpc) is 2.36. The van der Waals surface area contributed by atoms with E-state index in [1.165, 1.54) is 6.07 Å². The number of hydrogen-bond donors (Lipinski definition) is 0. The van der Waals surface area contributed by atoms with E-state index in [2.05, 4.69) is 38.5 Å². The van der Waals surface area contributed by atoms with Gasteiger partial charge in [-0.1, -0.05) is 17.7 Å². The third kappa shape index (κ3) is 3.77. The molecule has 0 aromatic heterocycles. The van der Waals surface area contributed by atoms with Crippen LogP contribution in [0.25, 0.3) is 0 Å². The molecule has 0 saturated carbocycles. The standard InChI is InChI=1S/C14H8BrClFIO/c15-11-5-8(1-3-12(11)17)6-14(19)10-7-9(16)2-4-13(10)18/h1-5,7H,6H2. The van der Waals surface area contributed by atoms with Gasteiger partial charge in [-0.15, -0.1) is 0 Å². The third-order valence-electron chi connectivity index (χ3n) is 2.58. The van der Waals surface area contributed by atoms with Crippen LogP contribution >= 0.6 is 50.1 Å². The summed E-state index contributed by atoms with van der Waals surface area (Å²) in [5, 5.41) is 0.532. The molecular weight excluding hydrogens is 445 g/mol. The summed E-state index contributed by atoms with van der Waals surface area (Å²) < 4.78 is 14.3. The van der Waals surface area contributed by atoms with Crippen LogP contribution in [0.1, 0.15) is 15.9 Å². The number of Topliss-reactive ketones (excluding diaryl/α,β-unsaturated/α-hetero) is 1. The Bertz CT molecular complexity index is 645. The van der Waals surface area contributed by atoms with Crippen LogP contribution in [0.3, 0.4) is 0 Å². The van der Waals surface area contributed by atoms with E-state index < -0.39 is 0 Å². The van der Waals surface area contributed by atoms with E-state index in [0.717, 1.165) is 9.13 Å². The first-order chi connectivity index (χ1) is 8.97. The molecule has 0 radical (unpaired) electrons. The van der Waals surface area contributed by atoms with Gasteiger partial charge in [-0.2, -0.15) is 0 Å². The summed E-state index contributed by atoms with van der Waals surface area (Å²) in [7, 11) is 0. The van der Waals surface area contributed by atoms with Gasteiger partial charge in [0.2, 0.25) is 0 Å². The van der Waals surface area contributed by atoms with Crippen LogP contribution in [-0.2, 0) is 6.42 Å². The van der Waals surface area contributed by atoms with Crippen LogP contribution in [-0.4, -0.2) is 5.78 Å². The van der Waals surface area contributed by atoms with Crippen molar-refractivity contribution in [3.63, 3.8) is 0 Å². The number of carbonyl (C=O) groups is 1. The molecule has 0 amide bonds. The lowest BCUT2D eigenvalue weighted by Crippen LogP contribution is -2.06. The summed E-state index contributed by atoms with van der Waals surface area (Å²) >= 11 is 11.1. The van der Waals surface area contributed by atoms with Gasteiger partial charge in [0.05, 0.1) is 4.47 Å². The molecule has 2 aromatic carbocycles. The molecule has 5 heteroatoms. The van der Waals surface area contributed by atoms with Crippen LogP contribution < -0.4 is 0 Å². The Kier molecular flexibility index (Phi) is 4.97. The van der Waals surface area contributed by atoms with Gasteiger partial charge >= 0.3 is 0 Å². The number of carbonyl (C=O) groups excluding carboxylic acids is 1. The Balaban J connectivity index is 2.25. The van der Waals surface area contributed by atoms with Gasteiger partial charge in [0, 0.05) is 20.6 Å². The summed E-state index contributed by atoms with van der Waals surface area (Å²) in [4.78, 5) is 12.2. The summed E-state index contributed by atoms with van der Waals surface area (Å²) in [6.07, 6.45) is 0.217. The number of ketones is 1. The highest BCUT2D eigenvalue weighted by Crippen LogP contribution is 2.22. The largest absolute Gasteiger partial charge is 0.294 e. The van der Waals surface area contributed by atoms with Crippen molar-refractivity contribution in [2.24, 2.45) is 0 Å². The van der Waals surface area contributed by atoms with Crippen LogP contribution in [0.5, 0.6) is 0 Å². The number of hydrogen-bond acceptors (Lipinski definition) is 1. The molecule has 0 aliphatic carbocycles. The zero-order valence-corrected chi connectivity index (χ0v) is 14.1. The Labute approximate surface area is 137 Å². The molecule has 0 heterocycles. The van der Waals surface area contributed by atoms with E-state index in [0.29, 0.717) is 15.1 Å². The lowest BCUT2D eigenvalue weighted by Gasteiger charge is -2.05. The second kappa shape index (κ2) is 6.33. The maximum atomic E-state index is 13.1. The van der Waals surface area contributed by atoms with E-state index in [1.54, 1.807) is 30.3 Å². The van der Waals surface area contributed by atoms with Crippen molar-refractivity contribution in [2.75, 3.05) is 0 Å². The molecule has 1 nitrogen and oxygen atoms in total. The summed E-state index contributed by atoms with van der Waals surface area (Å²) in [6, 6.07) is 9.77. The number of rotatable bonds is 3. The van der Waals surface area contributed by atoms with Crippen molar-refractivity contribution in [2.45, 2.75) is 6.42 Å². The Morgan fingerprint density at radius 2 is 2.00 bits per heavy atom. The minimum Gasteiger partial charge on any atom is -0.294 e. The molecule has 0 spiro atoms. The highest BCUT2D eigenvalue weighted by molar-refractivity contribution is 14.1. The average molecular weight is 453 g/mol. The van der Waals surface area contributed by atoms with Crippen molar-refractivity contribution < 1.29 is 9.18 Å². The fraction of sp³-hybridized carbons (Fsp3) is 0.0714. The Morgan fingerprint density at radius 1 is 1.26 bits per heavy atom. The van der Waals surface area contributed by atoms with E-state index in [4.69, 9.17) is 11.6 Å². The van der Waals surface area contributed by atoms with Crippen LogP contribution in [0.2, 0.25) is 5.02 Å². The monoisotopic (exact) mass is 452 g/mol. The zero-order chi connectivity index (χ0) is 14.0. The molecule has 0 N–H and O–H groups in total. The van der Waals surface area contributed by atoms with Gasteiger partial charge in [0.25, 0.3) is 0 Å². The quantitative estimate of drug-likeness (QED) is 0.457. The normalized spacial score (nSPS) is 10.5. The highest BCUT2D eigenvalue weighted by atomic mass is 127. The number of benzene rings is 2. The van der Waals surface area contributed by atoms with Crippen LogP contribution in [0.15, 0.2) is 40.9 Å². The minimum atomic E-state index is -0.339. The fourth-order valence-electron chi connectivity index (χ4n) is 1.64. The molecule has 0 atom stereocenters. The van der Waals surface area contributed by atoms with Gasteiger partial charge in [-0.3, -0.25) is 4.79 Å². The first-order valence-corrected chi connectivity index (χ1v) is 7.64. The van der Waals surface area contributed by atoms with Gasteiger partial charge in [-0.25, -0.2) is 4.39 Å². The minimum absolute atomic E-state index is 0.0367. The molecule has 0 aliphatic rings. The SMILES string of the molecule is O=C(Cc1ccc(F)c(Br)c1)c1cc(Cl)ccc1I. The second-order valence-electron chi connectivity index (χ2n) is 3.97. The van der Waals surface area contributed by atoms with Crippen molar-refractivity contribution >= 4 is 55.9 Å². The topological polar surface area (TPSA) is 17.1 Å². The van der Waals surface area contributed by atoms with Crippen LogP contribution in [0.4, 0.5) is 4.39 Å². The van der Waals surface area contributed by atoms with Gasteiger partial charge < -0.3 is 0 Å². The smallest absolute Gasteiger partial charge is 0.168 e. The molecule has 0 aliphatic heterocycles. The predicted octanol–water partition coefficient (Wildman–Crippen LogP) is 5.27. The fourth-order valence-corrected chi connectivity index (χ4v) is 2.88. The molecule has 0 fully saturated rings. The summed E-state index contributed by atoms with van der Waals surface area (Å²) in [5.74, 6) is -0.376. The molecule has 2 aromatic rings.